The van der Waals surface area contributed by atoms with Crippen molar-refractivity contribution >= 4 is 70.7 Å². The number of phenolic OH excluding ortho intramolecular Hbond substituents is 4. The van der Waals surface area contributed by atoms with Crippen LogP contribution in [0.15, 0.2) is 48.5 Å². The summed E-state index contributed by atoms with van der Waals surface area (Å²) in [6, 6.07) is 11.5. The van der Waals surface area contributed by atoms with E-state index in [4.69, 9.17) is 20.4 Å². The lowest BCUT2D eigenvalue weighted by Gasteiger charge is -2.25. The highest BCUT2D eigenvalue weighted by Gasteiger charge is 2.39. The maximum Gasteiger partial charge on any atom is 0.200 e. The Labute approximate surface area is 393 Å². The molecule has 0 radical (unpaired) electrons. The van der Waals surface area contributed by atoms with Crippen LogP contribution in [0.25, 0.3) is 0 Å². The zero-order chi connectivity index (χ0) is 46.2. The van der Waals surface area contributed by atoms with Gasteiger partial charge in [-0.3, -0.25) is 19.2 Å². The van der Waals surface area contributed by atoms with Crippen LogP contribution in [-0.4, -0.2) is 169 Å². The number of rotatable bonds is 24. The summed E-state index contributed by atoms with van der Waals surface area (Å²) in [7, 11) is 0. The average Bonchev–Trinajstić information content (AvgIpc) is 3.29. The molecule has 6 rings (SSSR count). The van der Waals surface area contributed by atoms with Crippen LogP contribution in [0.5, 0.6) is 23.0 Å². The van der Waals surface area contributed by atoms with Gasteiger partial charge in [0.15, 0.2) is 0 Å². The minimum atomic E-state index is -0.559. The van der Waals surface area contributed by atoms with Crippen molar-refractivity contribution in [1.82, 2.24) is 21.3 Å². The Hall–Kier alpha value is -5.78. The number of anilines is 4. The molecule has 4 aromatic carbocycles. The predicted octanol–water partition coefficient (Wildman–Crippen LogP) is 0.565. The molecule has 2 aliphatic rings. The van der Waals surface area contributed by atoms with E-state index in [1.165, 1.54) is 24.3 Å². The average molecular weight is 962 g/mol. The lowest BCUT2D eigenvalue weighted by Crippen LogP contribution is -2.28. The molecule has 360 valence electrons. The Morgan fingerprint density at radius 3 is 0.667 bits per heavy atom. The van der Waals surface area contributed by atoms with Crippen LogP contribution in [0.3, 0.4) is 0 Å². The molecular weight excluding hydrogens is 903 g/mol. The molecule has 0 spiro atoms. The van der Waals surface area contributed by atoms with Crippen molar-refractivity contribution in [2.24, 2.45) is 0 Å². The van der Waals surface area contributed by atoms with Gasteiger partial charge in [0.2, 0.25) is 23.1 Å². The molecule has 66 heavy (non-hydrogen) atoms. The van der Waals surface area contributed by atoms with Crippen LogP contribution in [0, 0.1) is 0 Å². The minimum Gasteiger partial charge on any atom is -0.507 e. The second-order valence-electron chi connectivity index (χ2n) is 14.4. The molecule has 4 aromatic rings. The van der Waals surface area contributed by atoms with Crippen LogP contribution in [0.2, 0.25) is 0 Å². The largest absolute Gasteiger partial charge is 0.507 e. The van der Waals surface area contributed by atoms with Gasteiger partial charge in [-0.05, 0) is 48.5 Å². The fraction of sp³-hybridized carbons (Fsp3) is 0.364. The summed E-state index contributed by atoms with van der Waals surface area (Å²) >= 11 is 0. The van der Waals surface area contributed by atoms with Gasteiger partial charge in [0, 0.05) is 101 Å². The number of carbonyl (C=O) groups is 4. The van der Waals surface area contributed by atoms with Gasteiger partial charge in [-0.2, -0.15) is 0 Å². The number of fused-ring (bicyclic) bond motifs is 4. The number of hydrogen-bond acceptors (Lipinski definition) is 20. The fourth-order valence-corrected chi connectivity index (χ4v) is 7.28. The smallest absolute Gasteiger partial charge is 0.200 e. The summed E-state index contributed by atoms with van der Waals surface area (Å²) < 4.78 is 0. The molecule has 0 fully saturated rings. The third kappa shape index (κ3) is 12.8. The summed E-state index contributed by atoms with van der Waals surface area (Å²) in [4.78, 5) is 53.5. The first-order chi connectivity index (χ1) is 31.0. The van der Waals surface area contributed by atoms with Gasteiger partial charge in [-0.15, -0.1) is 24.8 Å². The first-order valence-electron chi connectivity index (χ1n) is 20.9. The summed E-state index contributed by atoms with van der Waals surface area (Å²) in [5.41, 5.74) is 1.36. The molecule has 0 aromatic heterocycles. The van der Waals surface area contributed by atoms with Crippen molar-refractivity contribution in [3.8, 4) is 23.0 Å². The zero-order valence-corrected chi connectivity index (χ0v) is 37.6. The number of aliphatic hydroxyl groups excluding tert-OH is 4. The number of carbonyl (C=O) groups excluding carboxylic acids is 4. The van der Waals surface area contributed by atoms with E-state index in [9.17, 15) is 39.6 Å². The van der Waals surface area contributed by atoms with Gasteiger partial charge >= 0.3 is 0 Å². The SMILES string of the molecule is Cl.Cl.O=C1c2c(O)ccc(O)c2C(=O)c2c(NCCNCCO)ccc(NCCNCCO)c21.O=C1c2c(O)ccc(O)c2C(=O)c2c(NCCNCCO)ccc(NCCNCCO)c21. The molecule has 0 unspecified atom stereocenters. The van der Waals surface area contributed by atoms with Crippen molar-refractivity contribution in [1.29, 1.82) is 0 Å². The van der Waals surface area contributed by atoms with Crippen LogP contribution in [-0.2, 0) is 0 Å². The van der Waals surface area contributed by atoms with Gasteiger partial charge in [0.25, 0.3) is 0 Å². The van der Waals surface area contributed by atoms with E-state index in [0.29, 0.717) is 101 Å². The van der Waals surface area contributed by atoms with E-state index in [0.717, 1.165) is 0 Å². The number of aliphatic hydroxyl groups is 4. The highest BCUT2D eigenvalue weighted by atomic mass is 35.5. The molecule has 20 nitrogen and oxygen atoms in total. The van der Waals surface area contributed by atoms with Crippen LogP contribution in [0.1, 0.15) is 63.7 Å². The lowest BCUT2D eigenvalue weighted by molar-refractivity contribution is 0.0975. The highest BCUT2D eigenvalue weighted by Crippen LogP contribution is 2.44. The summed E-state index contributed by atoms with van der Waals surface area (Å²) in [5, 5.41) is 101. The van der Waals surface area contributed by atoms with E-state index in [1.807, 2.05) is 0 Å². The number of aromatic hydroxyl groups is 4. The number of halogens is 2. The monoisotopic (exact) mass is 960 g/mol. The van der Waals surface area contributed by atoms with Gasteiger partial charge in [0.1, 0.15) is 23.0 Å². The fourth-order valence-electron chi connectivity index (χ4n) is 7.28. The molecule has 16 N–H and O–H groups in total. The van der Waals surface area contributed by atoms with Crippen LogP contribution >= 0.6 is 24.8 Å². The van der Waals surface area contributed by atoms with Crippen molar-refractivity contribution in [2.75, 3.05) is 126 Å². The predicted molar refractivity (Wildman–Crippen MR) is 254 cm³/mol. The Kier molecular flexibility index (Phi) is 22.3. The maximum absolute atomic E-state index is 13.4. The second-order valence-corrected chi connectivity index (χ2v) is 14.4. The van der Waals surface area contributed by atoms with E-state index >= 15 is 0 Å². The van der Waals surface area contributed by atoms with Crippen molar-refractivity contribution in [3.63, 3.8) is 0 Å². The Morgan fingerprint density at radius 2 is 0.485 bits per heavy atom. The van der Waals surface area contributed by atoms with Crippen molar-refractivity contribution in [3.05, 3.63) is 93.0 Å². The van der Waals surface area contributed by atoms with E-state index in [2.05, 4.69) is 42.5 Å². The van der Waals surface area contributed by atoms with E-state index in [1.54, 1.807) is 24.3 Å². The Balaban J connectivity index is 0.000000340. The third-order valence-corrected chi connectivity index (χ3v) is 10.2. The molecule has 0 heterocycles. The normalized spacial score (nSPS) is 12.1. The number of ketones is 4. The van der Waals surface area contributed by atoms with E-state index in [-0.39, 0.29) is 119 Å². The number of nitrogens with one attached hydrogen (secondary N) is 8. The van der Waals surface area contributed by atoms with Crippen molar-refractivity contribution in [2.45, 2.75) is 0 Å². The standard InChI is InChI=1S/2C22H28N4O6.2ClH/c2*27-11-9-23-5-7-25-13-1-2-14(26-8-6-24-10-12-28)18-17(13)21(31)19-15(29)3-4-16(30)20(19)22(18)32;;/h2*1-4,23-30H,5-12H2;2*1H. The lowest BCUT2D eigenvalue weighted by atomic mass is 9.81. The topological polar surface area (TPSA) is 326 Å². The first kappa shape index (κ1) is 54.6. The molecular formula is C44H58Cl2N8O12. The van der Waals surface area contributed by atoms with E-state index < -0.39 is 23.1 Å². The molecule has 0 saturated carbocycles. The quantitative estimate of drug-likeness (QED) is 0.0291. The molecule has 0 bridgehead atoms. The molecule has 0 atom stereocenters. The number of phenols is 4. The van der Waals surface area contributed by atoms with Gasteiger partial charge < -0.3 is 83.4 Å². The number of hydrogen-bond donors (Lipinski definition) is 16. The molecule has 0 aliphatic heterocycles. The summed E-state index contributed by atoms with van der Waals surface area (Å²) in [5.74, 6) is -3.72. The van der Waals surface area contributed by atoms with Gasteiger partial charge in [0.05, 0.1) is 70.9 Å². The Morgan fingerprint density at radius 1 is 0.288 bits per heavy atom. The third-order valence-electron chi connectivity index (χ3n) is 10.2. The zero-order valence-electron chi connectivity index (χ0n) is 36.0. The first-order valence-corrected chi connectivity index (χ1v) is 20.9. The van der Waals surface area contributed by atoms with Crippen LogP contribution in [0.4, 0.5) is 22.7 Å². The van der Waals surface area contributed by atoms with Crippen molar-refractivity contribution < 1.29 is 60.0 Å². The van der Waals surface area contributed by atoms with Gasteiger partial charge in [-0.25, -0.2) is 0 Å². The van der Waals surface area contributed by atoms with Crippen LogP contribution < -0.4 is 42.5 Å². The second kappa shape index (κ2) is 27.0. The Bertz CT molecular complexity index is 2010. The number of benzene rings is 4. The minimum absolute atomic E-state index is 0. The molecule has 22 heteroatoms. The highest BCUT2D eigenvalue weighted by molar-refractivity contribution is 6.34. The molecule has 0 amide bonds. The summed E-state index contributed by atoms with van der Waals surface area (Å²) in [6.45, 7) is 5.62. The molecule has 0 saturated heterocycles. The summed E-state index contributed by atoms with van der Waals surface area (Å²) in [6.07, 6.45) is 0. The maximum atomic E-state index is 13.4. The van der Waals surface area contributed by atoms with Gasteiger partial charge in [-0.1, -0.05) is 0 Å². The molecule has 2 aliphatic carbocycles.